The Balaban J connectivity index is 0.00000200. The summed E-state index contributed by atoms with van der Waals surface area (Å²) in [6, 6.07) is 1.90. The third kappa shape index (κ3) is 4.31. The molecule has 0 amide bonds. The number of hydrogen-bond acceptors (Lipinski definition) is 2. The minimum atomic E-state index is 0. The van der Waals surface area contributed by atoms with E-state index >= 15 is 0 Å². The van der Waals surface area contributed by atoms with Crippen LogP contribution in [0, 0.1) is 12.8 Å². The molecule has 0 bridgehead atoms. The van der Waals surface area contributed by atoms with Crippen LogP contribution in [-0.2, 0) is 21.1 Å². The monoisotopic (exact) mass is 449 g/mol. The molecule has 1 aliphatic heterocycles. The molecular formula is C17H33N2W-. The van der Waals surface area contributed by atoms with E-state index in [1.807, 2.05) is 0 Å². The maximum Gasteiger partial charge on any atom is 0.0249 e. The van der Waals surface area contributed by atoms with Gasteiger partial charge in [-0.05, 0) is 38.9 Å². The van der Waals surface area contributed by atoms with E-state index in [1.54, 1.807) is 0 Å². The second-order valence-electron chi connectivity index (χ2n) is 6.62. The zero-order valence-electron chi connectivity index (χ0n) is 13.7. The molecule has 2 aliphatic rings. The van der Waals surface area contributed by atoms with Crippen LogP contribution >= 0.6 is 0 Å². The molecule has 0 spiro atoms. The number of nitrogens with zero attached hydrogens (tertiary/aromatic N) is 2. The Morgan fingerprint density at radius 2 is 1.70 bits per heavy atom. The molecule has 1 aliphatic carbocycles. The van der Waals surface area contributed by atoms with E-state index in [2.05, 4.69) is 37.5 Å². The average Bonchev–Trinajstić information content (AvgIpc) is 2.43. The summed E-state index contributed by atoms with van der Waals surface area (Å²) < 4.78 is 0. The number of piperazine rings is 1. The largest absolute Gasteiger partial charge is 0.325 e. The molecule has 0 N–H and O–H groups in total. The molecule has 0 aromatic heterocycles. The summed E-state index contributed by atoms with van der Waals surface area (Å²) in [6.07, 6.45) is 8.76. The number of hydrogen-bond donors (Lipinski definition) is 0. The summed E-state index contributed by atoms with van der Waals surface area (Å²) in [5.41, 5.74) is 0. The van der Waals surface area contributed by atoms with Crippen LogP contribution in [0.5, 0.6) is 0 Å². The Labute approximate surface area is 140 Å². The van der Waals surface area contributed by atoms with Crippen LogP contribution in [0.3, 0.4) is 0 Å². The zero-order chi connectivity index (χ0) is 13.8. The fraction of sp³-hybridized carbons (Fsp3) is 0.941. The molecule has 2 rings (SSSR count). The second kappa shape index (κ2) is 8.91. The van der Waals surface area contributed by atoms with Crippen molar-refractivity contribution < 1.29 is 21.1 Å². The summed E-state index contributed by atoms with van der Waals surface area (Å²) in [7, 11) is 0. The first-order valence-corrected chi connectivity index (χ1v) is 8.50. The molecule has 3 heteroatoms. The average molecular weight is 449 g/mol. The molecular weight excluding hydrogens is 416 g/mol. The summed E-state index contributed by atoms with van der Waals surface area (Å²) in [5.74, 6) is 0.982. The Morgan fingerprint density at radius 1 is 1.05 bits per heavy atom. The molecule has 3 unspecified atom stereocenters. The van der Waals surface area contributed by atoms with Crippen LogP contribution in [0.4, 0.5) is 0 Å². The molecule has 0 aromatic rings. The molecule has 20 heavy (non-hydrogen) atoms. The van der Waals surface area contributed by atoms with Gasteiger partial charge in [-0.1, -0.05) is 46.0 Å². The van der Waals surface area contributed by atoms with Gasteiger partial charge in [-0.2, -0.15) is 0 Å². The fourth-order valence-electron chi connectivity index (χ4n) is 4.39. The van der Waals surface area contributed by atoms with Crippen molar-refractivity contribution in [3.63, 3.8) is 0 Å². The Kier molecular flexibility index (Phi) is 8.31. The predicted octanol–water partition coefficient (Wildman–Crippen LogP) is 3.57. The summed E-state index contributed by atoms with van der Waals surface area (Å²) in [5, 5.41) is 0. The maximum atomic E-state index is 4.36. The minimum absolute atomic E-state index is 0. The predicted molar refractivity (Wildman–Crippen MR) is 83.2 cm³/mol. The molecule has 3 atom stereocenters. The summed E-state index contributed by atoms with van der Waals surface area (Å²) in [6.45, 7) is 14.9. The van der Waals surface area contributed by atoms with Gasteiger partial charge in [0, 0.05) is 33.1 Å². The van der Waals surface area contributed by atoms with E-state index in [9.17, 15) is 0 Å². The van der Waals surface area contributed by atoms with E-state index in [-0.39, 0.29) is 21.1 Å². The van der Waals surface area contributed by atoms with Gasteiger partial charge in [0.1, 0.15) is 0 Å². The molecule has 2 nitrogen and oxygen atoms in total. The van der Waals surface area contributed by atoms with Crippen LogP contribution < -0.4 is 0 Å². The van der Waals surface area contributed by atoms with Gasteiger partial charge in [-0.15, -0.1) is 6.04 Å². The van der Waals surface area contributed by atoms with Crippen molar-refractivity contribution in [3.8, 4) is 0 Å². The normalized spacial score (nSPS) is 33.9. The standard InChI is InChI=1S/C17H33N2.W/c1-5-18-13-14(3)19(6-2)15(4)17(18)12-16-10-8-7-9-11-16;/h14-17H,3,5-13H2,1-2,4H3;/q-1;. The zero-order valence-corrected chi connectivity index (χ0v) is 16.6. The quantitative estimate of drug-likeness (QED) is 0.606. The summed E-state index contributed by atoms with van der Waals surface area (Å²) >= 11 is 0. The molecule has 1 heterocycles. The Morgan fingerprint density at radius 3 is 2.25 bits per heavy atom. The van der Waals surface area contributed by atoms with E-state index in [0.29, 0.717) is 12.1 Å². The first kappa shape index (κ1) is 18.7. The third-order valence-electron chi connectivity index (χ3n) is 5.53. The van der Waals surface area contributed by atoms with Crippen LogP contribution in [0.15, 0.2) is 0 Å². The summed E-state index contributed by atoms with van der Waals surface area (Å²) in [4.78, 5) is 5.31. The topological polar surface area (TPSA) is 6.48 Å². The van der Waals surface area contributed by atoms with Gasteiger partial charge in [0.2, 0.25) is 0 Å². The van der Waals surface area contributed by atoms with Crippen molar-refractivity contribution in [3.05, 3.63) is 6.92 Å². The molecule has 0 aromatic carbocycles. The number of likely N-dealkylation sites (N-methyl/N-ethyl adjacent to an activating group) is 2. The van der Waals surface area contributed by atoms with Crippen LogP contribution in [0.25, 0.3) is 0 Å². The smallest absolute Gasteiger partial charge is 0.0249 e. The third-order valence-corrected chi connectivity index (χ3v) is 5.53. The van der Waals surface area contributed by atoms with Gasteiger partial charge in [0.25, 0.3) is 0 Å². The van der Waals surface area contributed by atoms with Gasteiger partial charge in [-0.3, -0.25) is 0 Å². The first-order chi connectivity index (χ1) is 9.17. The fourth-order valence-corrected chi connectivity index (χ4v) is 4.39. The molecule has 2 fully saturated rings. The van der Waals surface area contributed by atoms with Gasteiger partial charge in [0.15, 0.2) is 0 Å². The molecule has 0 radical (unpaired) electrons. The Bertz CT molecular complexity index is 266. The molecule has 118 valence electrons. The number of rotatable bonds is 4. The second-order valence-corrected chi connectivity index (χ2v) is 6.62. The van der Waals surface area contributed by atoms with Crippen molar-refractivity contribution in [1.29, 1.82) is 0 Å². The van der Waals surface area contributed by atoms with Crippen LogP contribution in [0.1, 0.15) is 59.3 Å². The van der Waals surface area contributed by atoms with Gasteiger partial charge in [0.05, 0.1) is 0 Å². The van der Waals surface area contributed by atoms with Gasteiger partial charge < -0.3 is 16.7 Å². The van der Waals surface area contributed by atoms with Crippen LogP contribution in [-0.4, -0.2) is 47.6 Å². The van der Waals surface area contributed by atoms with Crippen molar-refractivity contribution in [1.82, 2.24) is 9.80 Å². The SMILES string of the molecule is [CH2-]C1CN(CC)C(CC2CCCCC2)C(C)N1CC.[W]. The maximum absolute atomic E-state index is 4.36. The van der Waals surface area contributed by atoms with E-state index in [4.69, 9.17) is 0 Å². The van der Waals surface area contributed by atoms with E-state index in [0.717, 1.165) is 25.0 Å². The first-order valence-electron chi connectivity index (χ1n) is 8.50. The Hall–Kier alpha value is 0.608. The van der Waals surface area contributed by atoms with Gasteiger partial charge in [-0.25, -0.2) is 0 Å². The minimum Gasteiger partial charge on any atom is -0.325 e. The van der Waals surface area contributed by atoms with Gasteiger partial charge >= 0.3 is 0 Å². The van der Waals surface area contributed by atoms with Crippen LogP contribution in [0.2, 0.25) is 0 Å². The van der Waals surface area contributed by atoms with Crippen molar-refractivity contribution in [2.75, 3.05) is 19.6 Å². The van der Waals surface area contributed by atoms with E-state index < -0.39 is 0 Å². The van der Waals surface area contributed by atoms with Crippen molar-refractivity contribution in [2.24, 2.45) is 5.92 Å². The van der Waals surface area contributed by atoms with Crippen molar-refractivity contribution in [2.45, 2.75) is 77.4 Å². The molecule has 1 saturated heterocycles. The van der Waals surface area contributed by atoms with Crippen molar-refractivity contribution >= 4 is 0 Å². The molecule has 1 saturated carbocycles. The van der Waals surface area contributed by atoms with E-state index in [1.165, 1.54) is 45.1 Å².